The van der Waals surface area contributed by atoms with E-state index in [2.05, 4.69) is 5.32 Å². The van der Waals surface area contributed by atoms with Crippen LogP contribution < -0.4 is 11.1 Å². The zero-order valence-electron chi connectivity index (χ0n) is 8.24. The number of esters is 1. The van der Waals surface area contributed by atoms with Gasteiger partial charge in [0.1, 0.15) is 5.70 Å². The van der Waals surface area contributed by atoms with Crippen LogP contribution in [0.2, 0.25) is 0 Å². The molecule has 0 fully saturated rings. The number of hydrogen-bond donors (Lipinski definition) is 2. The first-order chi connectivity index (χ1) is 6.63. The number of thioether (sulfide) groups is 1. The molecule has 3 N–H and O–H groups in total. The van der Waals surface area contributed by atoms with Crippen molar-refractivity contribution in [1.82, 2.24) is 5.32 Å². The van der Waals surface area contributed by atoms with Gasteiger partial charge in [-0.25, -0.2) is 4.79 Å². The molecule has 1 rings (SSSR count). The van der Waals surface area contributed by atoms with Gasteiger partial charge in [-0.15, -0.1) is 11.8 Å². The minimum absolute atomic E-state index is 0.125. The summed E-state index contributed by atoms with van der Waals surface area (Å²) >= 11 is 1.65. The van der Waals surface area contributed by atoms with Crippen molar-refractivity contribution in [1.29, 1.82) is 0 Å². The average Bonchev–Trinajstić information content (AvgIpc) is 2.51. The normalized spacial score (nSPS) is 21.4. The van der Waals surface area contributed by atoms with Crippen molar-refractivity contribution >= 4 is 17.7 Å². The minimum atomic E-state index is -0.472. The Labute approximate surface area is 87.6 Å². The molecule has 14 heavy (non-hydrogen) atoms. The van der Waals surface area contributed by atoms with Gasteiger partial charge in [0.05, 0.1) is 12.0 Å². The molecule has 0 radical (unpaired) electrons. The second-order valence-corrected chi connectivity index (χ2v) is 4.03. The molecule has 5 heteroatoms. The van der Waals surface area contributed by atoms with Gasteiger partial charge in [0.15, 0.2) is 0 Å². The number of hydrogen-bond acceptors (Lipinski definition) is 5. The average molecular weight is 214 g/mol. The summed E-state index contributed by atoms with van der Waals surface area (Å²) in [6, 6.07) is 0. The standard InChI is InChI=1S/C9H14N2O2S/c1-3-13-9(12)8(10)4-7-5-14-6(2)11-7/h4-6,11H,3,10H2,1-2H3/b8-4-. The number of nitrogens with two attached hydrogens (primary N) is 1. The highest BCUT2D eigenvalue weighted by atomic mass is 32.2. The van der Waals surface area contributed by atoms with Crippen LogP contribution in [0.3, 0.4) is 0 Å². The van der Waals surface area contributed by atoms with Crippen molar-refractivity contribution in [3.8, 4) is 0 Å². The summed E-state index contributed by atoms with van der Waals surface area (Å²) in [5.41, 5.74) is 6.50. The van der Waals surface area contributed by atoms with Gasteiger partial charge in [-0.2, -0.15) is 0 Å². The predicted octanol–water partition coefficient (Wildman–Crippen LogP) is 0.916. The smallest absolute Gasteiger partial charge is 0.354 e. The Morgan fingerprint density at radius 3 is 3.07 bits per heavy atom. The van der Waals surface area contributed by atoms with Crippen molar-refractivity contribution < 1.29 is 9.53 Å². The van der Waals surface area contributed by atoms with Crippen LogP contribution in [0.15, 0.2) is 22.9 Å². The molecule has 1 unspecified atom stereocenters. The van der Waals surface area contributed by atoms with E-state index in [9.17, 15) is 4.79 Å². The summed E-state index contributed by atoms with van der Waals surface area (Å²) in [6.07, 6.45) is 1.59. The Hall–Kier alpha value is -1.10. The molecule has 0 aromatic rings. The highest BCUT2D eigenvalue weighted by Crippen LogP contribution is 2.20. The van der Waals surface area contributed by atoms with Crippen molar-refractivity contribution in [2.75, 3.05) is 6.61 Å². The number of rotatable bonds is 3. The third-order valence-corrected chi connectivity index (χ3v) is 2.51. The maximum absolute atomic E-state index is 11.1. The second-order valence-electron chi connectivity index (χ2n) is 2.82. The summed E-state index contributed by atoms with van der Waals surface area (Å²) in [5, 5.41) is 5.40. The first-order valence-electron chi connectivity index (χ1n) is 4.40. The van der Waals surface area contributed by atoms with E-state index < -0.39 is 5.97 Å². The van der Waals surface area contributed by atoms with Crippen LogP contribution in [0.5, 0.6) is 0 Å². The van der Waals surface area contributed by atoms with E-state index in [-0.39, 0.29) is 5.70 Å². The number of ether oxygens (including phenoxy) is 1. The summed E-state index contributed by atoms with van der Waals surface area (Å²) in [7, 11) is 0. The number of carbonyl (C=O) groups is 1. The lowest BCUT2D eigenvalue weighted by Gasteiger charge is -2.05. The van der Waals surface area contributed by atoms with Crippen LogP contribution in [0.4, 0.5) is 0 Å². The van der Waals surface area contributed by atoms with E-state index in [1.807, 2.05) is 12.3 Å². The molecule has 0 saturated heterocycles. The molecule has 0 amide bonds. The third-order valence-electron chi connectivity index (χ3n) is 1.59. The van der Waals surface area contributed by atoms with Crippen LogP contribution in [0.1, 0.15) is 13.8 Å². The van der Waals surface area contributed by atoms with E-state index >= 15 is 0 Å². The molecule has 1 atom stereocenters. The molecule has 0 aromatic carbocycles. The van der Waals surface area contributed by atoms with Crippen LogP contribution in [0.25, 0.3) is 0 Å². The van der Waals surface area contributed by atoms with E-state index in [0.29, 0.717) is 12.0 Å². The van der Waals surface area contributed by atoms with Crippen LogP contribution in [-0.2, 0) is 9.53 Å². The van der Waals surface area contributed by atoms with Crippen molar-refractivity contribution in [2.24, 2.45) is 5.73 Å². The third kappa shape index (κ3) is 2.99. The highest BCUT2D eigenvalue weighted by molar-refractivity contribution is 8.02. The molecule has 0 aromatic heterocycles. The molecule has 0 bridgehead atoms. The quantitative estimate of drug-likeness (QED) is 0.540. The first-order valence-corrected chi connectivity index (χ1v) is 5.34. The maximum atomic E-state index is 11.1. The van der Waals surface area contributed by atoms with Crippen molar-refractivity contribution in [3.63, 3.8) is 0 Å². The molecule has 0 saturated carbocycles. The molecule has 4 nitrogen and oxygen atoms in total. The van der Waals surface area contributed by atoms with Gasteiger partial charge in [0.2, 0.25) is 0 Å². The van der Waals surface area contributed by atoms with E-state index in [1.165, 1.54) is 0 Å². The molecular formula is C9H14N2O2S. The number of nitrogens with one attached hydrogen (secondary N) is 1. The topological polar surface area (TPSA) is 64.3 Å². The Bertz CT molecular complexity index is 287. The van der Waals surface area contributed by atoms with Gasteiger partial charge in [-0.05, 0) is 25.3 Å². The van der Waals surface area contributed by atoms with E-state index in [0.717, 1.165) is 5.70 Å². The molecule has 0 spiro atoms. The number of allylic oxidation sites excluding steroid dienone is 1. The van der Waals surface area contributed by atoms with Gasteiger partial charge >= 0.3 is 5.97 Å². The lowest BCUT2D eigenvalue weighted by Crippen LogP contribution is -2.19. The zero-order chi connectivity index (χ0) is 10.6. The Morgan fingerprint density at radius 2 is 2.57 bits per heavy atom. The van der Waals surface area contributed by atoms with Crippen LogP contribution in [0, 0.1) is 0 Å². The largest absolute Gasteiger partial charge is 0.461 e. The molecular weight excluding hydrogens is 200 g/mol. The minimum Gasteiger partial charge on any atom is -0.461 e. The van der Waals surface area contributed by atoms with Crippen molar-refractivity contribution in [3.05, 3.63) is 22.9 Å². The summed E-state index contributed by atoms with van der Waals surface area (Å²) in [6.45, 7) is 4.11. The fourth-order valence-electron chi connectivity index (χ4n) is 0.995. The molecule has 1 heterocycles. The van der Waals surface area contributed by atoms with Crippen molar-refractivity contribution in [2.45, 2.75) is 19.2 Å². The SMILES string of the molecule is CCOC(=O)/C(N)=C/C1=CSC(C)N1. The van der Waals surface area contributed by atoms with Gasteiger partial charge < -0.3 is 15.8 Å². The molecule has 78 valence electrons. The monoisotopic (exact) mass is 214 g/mol. The summed E-state index contributed by atoms with van der Waals surface area (Å²) in [5.74, 6) is -0.472. The molecule has 1 aliphatic heterocycles. The van der Waals surface area contributed by atoms with Crippen LogP contribution in [-0.4, -0.2) is 18.0 Å². The zero-order valence-corrected chi connectivity index (χ0v) is 9.06. The van der Waals surface area contributed by atoms with Gasteiger partial charge in [0.25, 0.3) is 0 Å². The van der Waals surface area contributed by atoms with Gasteiger partial charge in [-0.3, -0.25) is 0 Å². The van der Waals surface area contributed by atoms with E-state index in [4.69, 9.17) is 10.5 Å². The summed E-state index contributed by atoms with van der Waals surface area (Å²) < 4.78 is 4.75. The van der Waals surface area contributed by atoms with Gasteiger partial charge in [0, 0.05) is 5.70 Å². The lowest BCUT2D eigenvalue weighted by atomic mass is 10.3. The Morgan fingerprint density at radius 1 is 1.86 bits per heavy atom. The van der Waals surface area contributed by atoms with Crippen LogP contribution >= 0.6 is 11.8 Å². The maximum Gasteiger partial charge on any atom is 0.354 e. The molecule has 0 aliphatic carbocycles. The predicted molar refractivity (Wildman–Crippen MR) is 57.2 cm³/mol. The highest BCUT2D eigenvalue weighted by Gasteiger charge is 2.12. The van der Waals surface area contributed by atoms with E-state index in [1.54, 1.807) is 24.8 Å². The fraction of sp³-hybridized carbons (Fsp3) is 0.444. The van der Waals surface area contributed by atoms with Gasteiger partial charge in [-0.1, -0.05) is 0 Å². The second kappa shape index (κ2) is 4.95. The Balaban J connectivity index is 2.55. The summed E-state index contributed by atoms with van der Waals surface area (Å²) in [4.78, 5) is 11.1. The molecule has 1 aliphatic rings. The lowest BCUT2D eigenvalue weighted by molar-refractivity contribution is -0.138. The first kappa shape index (κ1) is 11.0. The fourth-order valence-corrected chi connectivity index (χ4v) is 1.69. The Kier molecular flexibility index (Phi) is 3.88. The number of carbonyl (C=O) groups excluding carboxylic acids is 1.